The highest BCUT2D eigenvalue weighted by molar-refractivity contribution is 8.00. The van der Waals surface area contributed by atoms with E-state index < -0.39 is 10.8 Å². The summed E-state index contributed by atoms with van der Waals surface area (Å²) in [7, 11) is -1.63. The molecule has 3 aliphatic rings. The molecule has 1 N–H and O–H groups in total. The van der Waals surface area contributed by atoms with E-state index in [-0.39, 0.29) is 33.8 Å². The lowest BCUT2D eigenvalue weighted by molar-refractivity contribution is -0.139. The van der Waals surface area contributed by atoms with E-state index in [1.54, 1.807) is 12.1 Å². The number of hydrogen-bond donors (Lipinski definition) is 1. The van der Waals surface area contributed by atoms with Gasteiger partial charge in [-0.25, -0.2) is 4.21 Å². The molecule has 1 saturated carbocycles. The highest BCUT2D eigenvalue weighted by Crippen LogP contribution is 2.46. The second kappa shape index (κ2) is 11.6. The Balaban J connectivity index is 1.14. The van der Waals surface area contributed by atoms with Crippen LogP contribution in [0.3, 0.4) is 0 Å². The van der Waals surface area contributed by atoms with Crippen molar-refractivity contribution in [3.05, 3.63) is 65.2 Å². The minimum atomic E-state index is -1.63. The fourth-order valence-electron chi connectivity index (χ4n) is 6.00. The summed E-state index contributed by atoms with van der Waals surface area (Å²) in [6.07, 6.45) is 5.38. The van der Waals surface area contributed by atoms with Crippen LogP contribution in [0.15, 0.2) is 53.4 Å². The highest BCUT2D eigenvalue weighted by atomic mass is 32.2. The van der Waals surface area contributed by atoms with Gasteiger partial charge in [0.05, 0.1) is 11.5 Å². The highest BCUT2D eigenvalue weighted by Gasteiger charge is 2.48. The molecule has 2 aromatic carbocycles. The summed E-state index contributed by atoms with van der Waals surface area (Å²) in [5, 5.41) is 2.97. The predicted molar refractivity (Wildman–Crippen MR) is 156 cm³/mol. The molecule has 7 nitrogen and oxygen atoms in total. The number of carbonyl (C=O) groups is 3. The number of rotatable bonds is 9. The molecule has 2 heterocycles. The van der Waals surface area contributed by atoms with Gasteiger partial charge in [0.15, 0.2) is 0 Å². The number of nitrogens with one attached hydrogen (secondary N) is 1. The van der Waals surface area contributed by atoms with Crippen LogP contribution in [0.25, 0.3) is 0 Å². The lowest BCUT2D eigenvalue weighted by atomic mass is 9.77. The van der Waals surface area contributed by atoms with Crippen LogP contribution in [0.4, 0.5) is 0 Å². The molecule has 3 fully saturated rings. The zero-order valence-corrected chi connectivity index (χ0v) is 24.7. The number of likely N-dealkylation sites (tertiary alicyclic amines) is 2. The van der Waals surface area contributed by atoms with Gasteiger partial charge in [-0.3, -0.25) is 14.4 Å². The molecule has 0 aromatic heterocycles. The lowest BCUT2D eigenvalue weighted by Crippen LogP contribution is -2.45. The number of aryl methyl sites for hydroxylation is 1. The summed E-state index contributed by atoms with van der Waals surface area (Å²) in [4.78, 5) is 42.7. The molecule has 0 bridgehead atoms. The van der Waals surface area contributed by atoms with E-state index in [0.717, 1.165) is 75.8 Å². The molecule has 1 aliphatic carbocycles. The maximum absolute atomic E-state index is 13.5. The van der Waals surface area contributed by atoms with Gasteiger partial charge in [0.2, 0.25) is 16.9 Å². The smallest absolute Gasteiger partial charge is 0.229 e. The Bertz CT molecular complexity index is 1280. The standard InChI is InChI=1S/C32H41N3O4S/c1-23-4-8-26(9-5-23)28(33-29(37)31(3)13-14-31)12-18-34-19-15-32(16-20-34)17-21-35(30(32)38)22-25-6-10-27(11-7-25)40(39)24(2)36/h4-11,28H,12-22H2,1-3H3,(H,33,37). The first kappa shape index (κ1) is 28.7. The van der Waals surface area contributed by atoms with Crippen molar-refractivity contribution < 1.29 is 18.6 Å². The van der Waals surface area contributed by atoms with Crippen molar-refractivity contribution in [3.8, 4) is 0 Å². The molecule has 2 amide bonds. The van der Waals surface area contributed by atoms with Crippen LogP contribution in [0, 0.1) is 17.8 Å². The average Bonchev–Trinajstić information content (AvgIpc) is 3.65. The second-order valence-corrected chi connectivity index (χ2v) is 13.9. The van der Waals surface area contributed by atoms with Crippen molar-refractivity contribution in [3.63, 3.8) is 0 Å². The van der Waals surface area contributed by atoms with E-state index in [0.29, 0.717) is 11.4 Å². The minimum absolute atomic E-state index is 0.00993. The maximum atomic E-state index is 13.5. The quantitative estimate of drug-likeness (QED) is 0.485. The van der Waals surface area contributed by atoms with Gasteiger partial charge >= 0.3 is 0 Å². The van der Waals surface area contributed by atoms with E-state index in [1.807, 2.05) is 24.0 Å². The Kier molecular flexibility index (Phi) is 8.30. The fourth-order valence-corrected chi connectivity index (χ4v) is 6.71. The van der Waals surface area contributed by atoms with E-state index in [2.05, 4.69) is 41.4 Å². The van der Waals surface area contributed by atoms with Gasteiger partial charge in [-0.2, -0.15) is 0 Å². The van der Waals surface area contributed by atoms with Gasteiger partial charge in [0, 0.05) is 36.9 Å². The minimum Gasteiger partial charge on any atom is -0.349 e. The number of carbonyl (C=O) groups excluding carboxylic acids is 3. The summed E-state index contributed by atoms with van der Waals surface area (Å²) in [6.45, 7) is 9.40. The topological polar surface area (TPSA) is 86.8 Å². The third kappa shape index (κ3) is 6.23. The van der Waals surface area contributed by atoms with Crippen molar-refractivity contribution in [2.75, 3.05) is 26.2 Å². The van der Waals surface area contributed by atoms with Gasteiger partial charge in [-0.05, 0) is 81.8 Å². The molecule has 0 radical (unpaired) electrons. The molecule has 8 heteroatoms. The third-order valence-corrected chi connectivity index (χ3v) is 10.5. The van der Waals surface area contributed by atoms with E-state index in [9.17, 15) is 18.6 Å². The maximum Gasteiger partial charge on any atom is 0.229 e. The zero-order chi connectivity index (χ0) is 28.5. The number of hydrogen-bond acceptors (Lipinski definition) is 5. The number of amides is 2. The molecule has 2 aromatic rings. The zero-order valence-electron chi connectivity index (χ0n) is 23.9. The molecule has 2 saturated heterocycles. The van der Waals surface area contributed by atoms with Crippen molar-refractivity contribution in [2.45, 2.75) is 76.8 Å². The van der Waals surface area contributed by atoms with Crippen molar-refractivity contribution in [1.29, 1.82) is 0 Å². The van der Waals surface area contributed by atoms with E-state index in [4.69, 9.17) is 0 Å². The Labute approximate surface area is 240 Å². The number of nitrogens with zero attached hydrogens (tertiary/aromatic N) is 2. The Morgan fingerprint density at radius 2 is 1.57 bits per heavy atom. The van der Waals surface area contributed by atoms with Gasteiger partial charge < -0.3 is 15.1 Å². The van der Waals surface area contributed by atoms with Gasteiger partial charge in [-0.1, -0.05) is 48.9 Å². The largest absolute Gasteiger partial charge is 0.349 e. The summed E-state index contributed by atoms with van der Waals surface area (Å²) < 4.78 is 12.0. The SMILES string of the molecule is CC(=O)S(=O)c1ccc(CN2CCC3(CCN(CCC(NC(=O)C4(C)CC4)c4ccc(C)cc4)CC3)C2=O)cc1. The van der Waals surface area contributed by atoms with Crippen molar-refractivity contribution in [2.24, 2.45) is 10.8 Å². The summed E-state index contributed by atoms with van der Waals surface area (Å²) in [5.41, 5.74) is 2.86. The van der Waals surface area contributed by atoms with Crippen LogP contribution in [-0.4, -0.2) is 57.1 Å². The van der Waals surface area contributed by atoms with Crippen LogP contribution >= 0.6 is 0 Å². The van der Waals surface area contributed by atoms with Crippen LogP contribution < -0.4 is 5.32 Å². The monoisotopic (exact) mass is 563 g/mol. The van der Waals surface area contributed by atoms with E-state index in [1.165, 1.54) is 12.5 Å². The summed E-state index contributed by atoms with van der Waals surface area (Å²) in [5.74, 6) is 0.403. The molecule has 40 heavy (non-hydrogen) atoms. The third-order valence-electron chi connectivity index (χ3n) is 9.25. The average molecular weight is 564 g/mol. The Morgan fingerprint density at radius 1 is 0.950 bits per heavy atom. The molecule has 2 aliphatic heterocycles. The first-order valence-corrected chi connectivity index (χ1v) is 15.6. The number of piperidine rings is 1. The predicted octanol–water partition coefficient (Wildman–Crippen LogP) is 4.51. The second-order valence-electron chi connectivity index (χ2n) is 12.3. The molecule has 5 rings (SSSR count). The van der Waals surface area contributed by atoms with Crippen LogP contribution in [0.5, 0.6) is 0 Å². The molecule has 2 atom stereocenters. The van der Waals surface area contributed by atoms with Gasteiger partial charge in [0.25, 0.3) is 0 Å². The van der Waals surface area contributed by atoms with Crippen LogP contribution in [0.2, 0.25) is 0 Å². The molecular formula is C32H41N3O4S. The summed E-state index contributed by atoms with van der Waals surface area (Å²) in [6, 6.07) is 15.6. The van der Waals surface area contributed by atoms with Crippen LogP contribution in [-0.2, 0) is 31.7 Å². The van der Waals surface area contributed by atoms with Crippen molar-refractivity contribution in [1.82, 2.24) is 15.1 Å². The Morgan fingerprint density at radius 3 is 2.17 bits per heavy atom. The van der Waals surface area contributed by atoms with Gasteiger partial charge in [-0.15, -0.1) is 0 Å². The molecule has 2 unspecified atom stereocenters. The number of benzene rings is 2. The van der Waals surface area contributed by atoms with Crippen molar-refractivity contribution >= 4 is 27.7 Å². The fraction of sp³-hybridized carbons (Fsp3) is 0.531. The van der Waals surface area contributed by atoms with E-state index >= 15 is 0 Å². The normalized spacial score (nSPS) is 21.3. The lowest BCUT2D eigenvalue weighted by Gasteiger charge is -2.38. The molecule has 1 spiro atoms. The summed E-state index contributed by atoms with van der Waals surface area (Å²) >= 11 is 0. The first-order valence-electron chi connectivity index (χ1n) is 14.5. The van der Waals surface area contributed by atoms with Crippen LogP contribution in [0.1, 0.15) is 75.1 Å². The van der Waals surface area contributed by atoms with Gasteiger partial charge in [0.1, 0.15) is 10.8 Å². The Hall–Kier alpha value is -2.84. The molecular weight excluding hydrogens is 522 g/mol. The molecule has 214 valence electrons. The first-order chi connectivity index (χ1) is 19.1.